The summed E-state index contributed by atoms with van der Waals surface area (Å²) in [4.78, 5) is 15.5. The number of hydrogen-bond donors (Lipinski definition) is 1. The molecule has 20 heavy (non-hydrogen) atoms. The zero-order chi connectivity index (χ0) is 14.1. The number of hydrogen-bond acceptors (Lipinski definition) is 2. The lowest BCUT2D eigenvalue weighted by atomic mass is 9.90. The van der Waals surface area contributed by atoms with E-state index in [0.29, 0.717) is 5.69 Å². The molecule has 1 aromatic carbocycles. The van der Waals surface area contributed by atoms with Crippen molar-refractivity contribution in [2.45, 2.75) is 32.6 Å². The third-order valence-electron chi connectivity index (χ3n) is 3.96. The maximum Gasteiger partial charge on any atom is 0.337 e. The smallest absolute Gasteiger partial charge is 0.337 e. The van der Waals surface area contributed by atoms with Gasteiger partial charge in [-0.3, -0.25) is 4.98 Å². The van der Waals surface area contributed by atoms with Crippen molar-refractivity contribution in [2.75, 3.05) is 0 Å². The highest BCUT2D eigenvalue weighted by Crippen LogP contribution is 2.27. The van der Waals surface area contributed by atoms with E-state index in [1.54, 1.807) is 19.1 Å². The lowest BCUT2D eigenvalue weighted by Crippen LogP contribution is -2.04. The number of aromatic carboxylic acids is 1. The number of carbonyl (C=O) groups is 1. The number of carboxylic acid groups (broad SMARTS) is 1. The van der Waals surface area contributed by atoms with Crippen LogP contribution < -0.4 is 0 Å². The Morgan fingerprint density at radius 1 is 1.10 bits per heavy atom. The van der Waals surface area contributed by atoms with Gasteiger partial charge in [0.2, 0.25) is 0 Å². The zero-order valence-corrected chi connectivity index (χ0v) is 11.5. The predicted octanol–water partition coefficient (Wildman–Crippen LogP) is 3.63. The SMILES string of the molecule is Cc1nc(-c2ccc3c(c2)CCCC3)ccc1C(=O)O. The van der Waals surface area contributed by atoms with Gasteiger partial charge < -0.3 is 5.11 Å². The summed E-state index contributed by atoms with van der Waals surface area (Å²) < 4.78 is 0. The standard InChI is InChI=1S/C17H17NO2/c1-11-15(17(19)20)8-9-16(18-11)14-7-6-12-4-2-3-5-13(12)10-14/h6-10H,2-5H2,1H3,(H,19,20). The zero-order valence-electron chi connectivity index (χ0n) is 11.5. The third-order valence-corrected chi connectivity index (χ3v) is 3.96. The molecule has 0 unspecified atom stereocenters. The van der Waals surface area contributed by atoms with Crippen LogP contribution in [0.3, 0.4) is 0 Å². The molecule has 1 heterocycles. The van der Waals surface area contributed by atoms with Crippen molar-refractivity contribution in [2.24, 2.45) is 0 Å². The molecule has 1 N–H and O–H groups in total. The van der Waals surface area contributed by atoms with Gasteiger partial charge >= 0.3 is 5.97 Å². The van der Waals surface area contributed by atoms with Crippen molar-refractivity contribution in [1.29, 1.82) is 0 Å². The highest BCUT2D eigenvalue weighted by atomic mass is 16.4. The second kappa shape index (κ2) is 5.08. The molecule has 0 spiro atoms. The van der Waals surface area contributed by atoms with Gasteiger partial charge in [-0.15, -0.1) is 0 Å². The highest BCUT2D eigenvalue weighted by molar-refractivity contribution is 5.89. The summed E-state index contributed by atoms with van der Waals surface area (Å²) in [5.74, 6) is -0.924. The van der Waals surface area contributed by atoms with Crippen molar-refractivity contribution in [3.05, 3.63) is 52.7 Å². The molecule has 0 saturated carbocycles. The van der Waals surface area contributed by atoms with Crippen molar-refractivity contribution in [3.8, 4) is 11.3 Å². The van der Waals surface area contributed by atoms with E-state index in [2.05, 4.69) is 23.2 Å². The van der Waals surface area contributed by atoms with Gasteiger partial charge in [-0.25, -0.2) is 4.79 Å². The van der Waals surface area contributed by atoms with E-state index in [1.807, 2.05) is 0 Å². The second-order valence-electron chi connectivity index (χ2n) is 5.33. The maximum absolute atomic E-state index is 11.0. The Morgan fingerprint density at radius 2 is 1.85 bits per heavy atom. The number of pyridine rings is 1. The Labute approximate surface area is 118 Å². The molecule has 0 radical (unpaired) electrons. The Hall–Kier alpha value is -2.16. The van der Waals surface area contributed by atoms with E-state index < -0.39 is 5.97 Å². The number of benzene rings is 1. The lowest BCUT2D eigenvalue weighted by molar-refractivity contribution is 0.0695. The van der Waals surface area contributed by atoms with Crippen molar-refractivity contribution in [1.82, 2.24) is 4.98 Å². The van der Waals surface area contributed by atoms with Crippen molar-refractivity contribution >= 4 is 5.97 Å². The van der Waals surface area contributed by atoms with E-state index in [1.165, 1.54) is 30.4 Å². The second-order valence-corrected chi connectivity index (χ2v) is 5.33. The molecule has 102 valence electrons. The number of aromatic nitrogens is 1. The minimum Gasteiger partial charge on any atom is -0.478 e. The minimum atomic E-state index is -0.924. The van der Waals surface area contributed by atoms with Gasteiger partial charge in [-0.05, 0) is 61.9 Å². The molecule has 3 nitrogen and oxygen atoms in total. The first-order chi connectivity index (χ1) is 9.65. The fourth-order valence-electron chi connectivity index (χ4n) is 2.84. The van der Waals surface area contributed by atoms with E-state index in [9.17, 15) is 4.79 Å². The van der Waals surface area contributed by atoms with Crippen LogP contribution in [0.15, 0.2) is 30.3 Å². The first-order valence-corrected chi connectivity index (χ1v) is 6.98. The van der Waals surface area contributed by atoms with Gasteiger partial charge in [0, 0.05) is 5.56 Å². The number of fused-ring (bicyclic) bond motifs is 1. The van der Waals surface area contributed by atoms with Gasteiger partial charge in [-0.2, -0.15) is 0 Å². The molecule has 1 aliphatic carbocycles. The summed E-state index contributed by atoms with van der Waals surface area (Å²) in [5.41, 5.74) is 5.61. The summed E-state index contributed by atoms with van der Waals surface area (Å²) >= 11 is 0. The van der Waals surface area contributed by atoms with Crippen LogP contribution >= 0.6 is 0 Å². The van der Waals surface area contributed by atoms with Crippen LogP contribution in [0.1, 0.15) is 40.0 Å². The number of nitrogens with zero attached hydrogens (tertiary/aromatic N) is 1. The Morgan fingerprint density at radius 3 is 2.55 bits per heavy atom. The van der Waals surface area contributed by atoms with Gasteiger partial charge in [0.25, 0.3) is 0 Å². The van der Waals surface area contributed by atoms with Crippen LogP contribution in [-0.4, -0.2) is 16.1 Å². The Balaban J connectivity index is 2.01. The molecule has 2 aromatic rings. The number of carboxylic acids is 1. The van der Waals surface area contributed by atoms with Crippen molar-refractivity contribution in [3.63, 3.8) is 0 Å². The van der Waals surface area contributed by atoms with Crippen LogP contribution in [0.25, 0.3) is 11.3 Å². The molecular formula is C17H17NO2. The molecule has 0 fully saturated rings. The molecule has 0 amide bonds. The van der Waals surface area contributed by atoms with E-state index in [-0.39, 0.29) is 5.56 Å². The molecule has 0 bridgehead atoms. The lowest BCUT2D eigenvalue weighted by Gasteiger charge is -2.16. The van der Waals surface area contributed by atoms with E-state index in [0.717, 1.165) is 17.7 Å². The summed E-state index contributed by atoms with van der Waals surface area (Å²) in [7, 11) is 0. The van der Waals surface area contributed by atoms with Crippen LogP contribution in [0.4, 0.5) is 0 Å². The molecule has 1 aliphatic rings. The van der Waals surface area contributed by atoms with Crippen LogP contribution in [0.2, 0.25) is 0 Å². The summed E-state index contributed by atoms with van der Waals surface area (Å²) in [6.45, 7) is 1.74. The summed E-state index contributed by atoms with van der Waals surface area (Å²) in [6, 6.07) is 9.91. The van der Waals surface area contributed by atoms with Gasteiger partial charge in [0.1, 0.15) is 0 Å². The van der Waals surface area contributed by atoms with E-state index in [4.69, 9.17) is 5.11 Å². The maximum atomic E-state index is 11.0. The first kappa shape index (κ1) is 12.9. The van der Waals surface area contributed by atoms with Gasteiger partial charge in [0.05, 0.1) is 17.0 Å². The average molecular weight is 267 g/mol. The van der Waals surface area contributed by atoms with Crippen LogP contribution in [0, 0.1) is 6.92 Å². The van der Waals surface area contributed by atoms with E-state index >= 15 is 0 Å². The monoisotopic (exact) mass is 267 g/mol. The van der Waals surface area contributed by atoms with Crippen LogP contribution in [0.5, 0.6) is 0 Å². The average Bonchev–Trinajstić information content (AvgIpc) is 2.46. The summed E-state index contributed by atoms with van der Waals surface area (Å²) in [6.07, 6.45) is 4.83. The quantitative estimate of drug-likeness (QED) is 0.903. The molecule has 3 rings (SSSR count). The molecule has 3 heteroatoms. The van der Waals surface area contributed by atoms with Crippen molar-refractivity contribution < 1.29 is 9.90 Å². The van der Waals surface area contributed by atoms with Gasteiger partial charge in [0.15, 0.2) is 0 Å². The molecular weight excluding hydrogens is 250 g/mol. The minimum absolute atomic E-state index is 0.270. The van der Waals surface area contributed by atoms with Crippen LogP contribution in [-0.2, 0) is 12.8 Å². The topological polar surface area (TPSA) is 50.2 Å². The normalized spacial score (nSPS) is 13.8. The molecule has 1 aromatic heterocycles. The molecule has 0 atom stereocenters. The largest absolute Gasteiger partial charge is 0.478 e. The van der Waals surface area contributed by atoms with Gasteiger partial charge in [-0.1, -0.05) is 12.1 Å². The highest BCUT2D eigenvalue weighted by Gasteiger charge is 2.13. The number of rotatable bonds is 2. The predicted molar refractivity (Wildman–Crippen MR) is 78.0 cm³/mol. The molecule has 0 aliphatic heterocycles. The number of aryl methyl sites for hydroxylation is 3. The Bertz CT molecular complexity index is 677. The fraction of sp³-hybridized carbons (Fsp3) is 0.294. The fourth-order valence-corrected chi connectivity index (χ4v) is 2.84. The molecule has 0 saturated heterocycles. The summed E-state index contributed by atoms with van der Waals surface area (Å²) in [5, 5.41) is 9.05. The third kappa shape index (κ3) is 2.31. The first-order valence-electron chi connectivity index (χ1n) is 6.98. The Kier molecular flexibility index (Phi) is 3.26.